The molecule has 0 unspecified atom stereocenters. The zero-order valence-electron chi connectivity index (χ0n) is 21.6. The average molecular weight is 532 g/mol. The second-order valence-corrected chi connectivity index (χ2v) is 11.1. The van der Waals surface area contributed by atoms with E-state index < -0.39 is 17.6 Å². The molecule has 38 heavy (non-hydrogen) atoms. The van der Waals surface area contributed by atoms with Crippen molar-refractivity contribution in [3.05, 3.63) is 83.9 Å². The van der Waals surface area contributed by atoms with Crippen molar-refractivity contribution in [2.45, 2.75) is 49.8 Å². The van der Waals surface area contributed by atoms with E-state index in [0.29, 0.717) is 18.8 Å². The summed E-state index contributed by atoms with van der Waals surface area (Å²) in [5, 5.41) is 5.55. The molecule has 1 aliphatic heterocycles. The fourth-order valence-corrected chi connectivity index (χ4v) is 5.46. The van der Waals surface area contributed by atoms with E-state index in [9.17, 15) is 14.4 Å². The second kappa shape index (κ2) is 11.7. The Balaban J connectivity index is 1.56. The molecule has 6 N–H and O–H groups in total. The molecule has 0 bridgehead atoms. The van der Waals surface area contributed by atoms with Gasteiger partial charge in [-0.15, -0.1) is 11.8 Å². The first-order valence-electron chi connectivity index (χ1n) is 12.4. The molecule has 198 valence electrons. The number of hydrogen-bond acceptors (Lipinski definition) is 5. The summed E-state index contributed by atoms with van der Waals surface area (Å²) < 4.78 is 0. The quantitative estimate of drug-likeness (QED) is 0.352. The zero-order chi connectivity index (χ0) is 27.3. The van der Waals surface area contributed by atoms with E-state index in [4.69, 9.17) is 11.5 Å². The number of hydrogen-bond donors (Lipinski definition) is 4. The van der Waals surface area contributed by atoms with Gasteiger partial charge in [-0.2, -0.15) is 0 Å². The van der Waals surface area contributed by atoms with Gasteiger partial charge >= 0.3 is 6.03 Å². The van der Waals surface area contributed by atoms with Gasteiger partial charge in [-0.1, -0.05) is 60.7 Å². The van der Waals surface area contributed by atoms with Gasteiger partial charge < -0.3 is 27.0 Å². The highest BCUT2D eigenvalue weighted by molar-refractivity contribution is 7.99. The van der Waals surface area contributed by atoms with Crippen molar-refractivity contribution in [1.29, 1.82) is 0 Å². The third kappa shape index (κ3) is 6.93. The molecule has 3 aromatic rings. The van der Waals surface area contributed by atoms with E-state index in [0.717, 1.165) is 32.8 Å². The fourth-order valence-electron chi connectivity index (χ4n) is 4.39. The number of urea groups is 1. The Morgan fingerprint density at radius 3 is 2.42 bits per heavy atom. The number of para-hydroxylation sites is 1. The van der Waals surface area contributed by atoms with Gasteiger partial charge in [0.15, 0.2) is 0 Å². The van der Waals surface area contributed by atoms with E-state index >= 15 is 0 Å². The van der Waals surface area contributed by atoms with Crippen LogP contribution < -0.4 is 27.0 Å². The highest BCUT2D eigenvalue weighted by Gasteiger charge is 2.32. The van der Waals surface area contributed by atoms with E-state index in [1.165, 1.54) is 0 Å². The Morgan fingerprint density at radius 1 is 1.03 bits per heavy atom. The van der Waals surface area contributed by atoms with Crippen LogP contribution in [0.15, 0.2) is 77.7 Å². The molecule has 1 heterocycles. The second-order valence-electron chi connectivity index (χ2n) is 10.1. The Bertz CT molecular complexity index is 1320. The standard InChI is InChI=1S/C29H33N5O3S/c1-29(2,31)15-26(35)33-23-18-38-25-10-6-5-9-24(25)34(27(23)36)17-19-11-13-20(14-12-19)22-8-4-3-7-21(22)16-32-28(30)37/h3-14,23H,15-18,31H2,1-2H3,(H,33,35)(H3,30,32,37)/t23-/m1/s1. The molecule has 1 aliphatic rings. The molecule has 0 aliphatic carbocycles. The number of fused-ring (bicyclic) bond motifs is 1. The summed E-state index contributed by atoms with van der Waals surface area (Å²) in [5.41, 5.74) is 15.3. The monoisotopic (exact) mass is 531 g/mol. The van der Waals surface area contributed by atoms with Gasteiger partial charge in [0.05, 0.1) is 12.2 Å². The van der Waals surface area contributed by atoms with Crippen LogP contribution in [0.1, 0.15) is 31.4 Å². The Kier molecular flexibility index (Phi) is 8.38. The fraction of sp³-hybridized carbons (Fsp3) is 0.276. The maximum atomic E-state index is 13.7. The molecule has 8 nitrogen and oxygen atoms in total. The van der Waals surface area contributed by atoms with E-state index in [-0.39, 0.29) is 18.2 Å². The number of carbonyl (C=O) groups is 3. The minimum absolute atomic E-state index is 0.131. The molecule has 4 rings (SSSR count). The molecule has 0 fully saturated rings. The number of amides is 4. The van der Waals surface area contributed by atoms with Crippen LogP contribution in [-0.4, -0.2) is 35.2 Å². The molecular formula is C29H33N5O3S. The zero-order valence-corrected chi connectivity index (χ0v) is 22.4. The summed E-state index contributed by atoms with van der Waals surface area (Å²) in [6, 6.07) is 22.4. The lowest BCUT2D eigenvalue weighted by molar-refractivity contribution is -0.127. The number of anilines is 1. The van der Waals surface area contributed by atoms with E-state index in [1.807, 2.05) is 72.8 Å². The smallest absolute Gasteiger partial charge is 0.312 e. The maximum absolute atomic E-state index is 13.7. The van der Waals surface area contributed by atoms with Crippen LogP contribution in [0.2, 0.25) is 0 Å². The maximum Gasteiger partial charge on any atom is 0.312 e. The van der Waals surface area contributed by atoms with Crippen molar-refractivity contribution in [2.24, 2.45) is 11.5 Å². The third-order valence-corrected chi connectivity index (χ3v) is 7.31. The lowest BCUT2D eigenvalue weighted by atomic mass is 9.98. The predicted molar refractivity (Wildman–Crippen MR) is 151 cm³/mol. The summed E-state index contributed by atoms with van der Waals surface area (Å²) in [4.78, 5) is 40.2. The van der Waals surface area contributed by atoms with Crippen molar-refractivity contribution in [1.82, 2.24) is 10.6 Å². The van der Waals surface area contributed by atoms with Crippen LogP contribution in [-0.2, 0) is 22.7 Å². The highest BCUT2D eigenvalue weighted by Crippen LogP contribution is 2.35. The normalized spacial score (nSPS) is 15.4. The molecule has 3 aromatic carbocycles. The number of nitrogens with two attached hydrogens (primary N) is 2. The summed E-state index contributed by atoms with van der Waals surface area (Å²) in [6.07, 6.45) is 0.131. The summed E-state index contributed by atoms with van der Waals surface area (Å²) >= 11 is 1.56. The van der Waals surface area contributed by atoms with Crippen molar-refractivity contribution in [3.8, 4) is 11.1 Å². The minimum Gasteiger partial charge on any atom is -0.352 e. The Labute approximate surface area is 227 Å². The van der Waals surface area contributed by atoms with Crippen LogP contribution in [0.25, 0.3) is 11.1 Å². The van der Waals surface area contributed by atoms with Crippen molar-refractivity contribution in [2.75, 3.05) is 10.7 Å². The summed E-state index contributed by atoms with van der Waals surface area (Å²) in [7, 11) is 0. The molecule has 0 saturated carbocycles. The van der Waals surface area contributed by atoms with Crippen LogP contribution in [0.4, 0.5) is 10.5 Å². The summed E-state index contributed by atoms with van der Waals surface area (Å²) in [5.74, 6) is 0.0480. The molecule has 1 atom stereocenters. The minimum atomic E-state index is -0.663. The van der Waals surface area contributed by atoms with Crippen molar-refractivity contribution in [3.63, 3.8) is 0 Å². The molecule has 4 amide bonds. The first-order chi connectivity index (χ1) is 18.1. The van der Waals surface area contributed by atoms with Crippen LogP contribution >= 0.6 is 11.8 Å². The van der Waals surface area contributed by atoms with Crippen LogP contribution in [0.5, 0.6) is 0 Å². The van der Waals surface area contributed by atoms with E-state index in [2.05, 4.69) is 10.6 Å². The molecule has 0 radical (unpaired) electrons. The number of thioether (sulfide) groups is 1. The average Bonchev–Trinajstić information content (AvgIpc) is 2.99. The van der Waals surface area contributed by atoms with Gasteiger partial charge in [-0.25, -0.2) is 4.79 Å². The first-order valence-corrected chi connectivity index (χ1v) is 13.4. The topological polar surface area (TPSA) is 131 Å². The lowest BCUT2D eigenvalue weighted by Gasteiger charge is -2.27. The predicted octanol–water partition coefficient (Wildman–Crippen LogP) is 3.77. The van der Waals surface area contributed by atoms with Gasteiger partial charge in [-0.05, 0) is 48.2 Å². The first kappa shape index (κ1) is 27.2. The molecule has 9 heteroatoms. The van der Waals surface area contributed by atoms with Crippen LogP contribution in [0, 0.1) is 0 Å². The number of primary amides is 1. The Morgan fingerprint density at radius 2 is 1.71 bits per heavy atom. The highest BCUT2D eigenvalue weighted by atomic mass is 32.2. The van der Waals surface area contributed by atoms with Gasteiger partial charge in [-0.3, -0.25) is 9.59 Å². The van der Waals surface area contributed by atoms with Gasteiger partial charge in [0.25, 0.3) is 5.91 Å². The van der Waals surface area contributed by atoms with E-state index in [1.54, 1.807) is 30.5 Å². The molecular weight excluding hydrogens is 498 g/mol. The van der Waals surface area contributed by atoms with Gasteiger partial charge in [0.1, 0.15) is 6.04 Å². The Hall–Kier alpha value is -3.82. The lowest BCUT2D eigenvalue weighted by Crippen LogP contribution is -2.51. The number of nitrogens with zero attached hydrogens (tertiary/aromatic N) is 1. The molecule has 0 aromatic heterocycles. The SMILES string of the molecule is CC(C)(N)CC(=O)N[C@@H]1CSc2ccccc2N(Cc2ccc(-c3ccccc3CNC(N)=O)cc2)C1=O. The van der Waals surface area contributed by atoms with Crippen LogP contribution in [0.3, 0.4) is 0 Å². The molecule has 0 saturated heterocycles. The van der Waals surface area contributed by atoms with Gasteiger partial charge in [0, 0.05) is 29.2 Å². The van der Waals surface area contributed by atoms with Gasteiger partial charge in [0.2, 0.25) is 5.91 Å². The molecule has 0 spiro atoms. The van der Waals surface area contributed by atoms with Crippen molar-refractivity contribution < 1.29 is 14.4 Å². The summed E-state index contributed by atoms with van der Waals surface area (Å²) in [6.45, 7) is 4.26. The third-order valence-electron chi connectivity index (χ3n) is 6.15. The number of rotatable bonds is 8. The van der Waals surface area contributed by atoms with Crippen molar-refractivity contribution >= 4 is 35.3 Å². The number of benzene rings is 3. The largest absolute Gasteiger partial charge is 0.352 e. The number of carbonyl (C=O) groups excluding carboxylic acids is 3. The number of nitrogens with one attached hydrogen (secondary N) is 2.